The van der Waals surface area contributed by atoms with Gasteiger partial charge in [0.1, 0.15) is 17.5 Å². The molecule has 118 valence electrons. The lowest BCUT2D eigenvalue weighted by molar-refractivity contribution is -0.119. The summed E-state index contributed by atoms with van der Waals surface area (Å²) < 4.78 is 0. The molecular weight excluding hydrogens is 266 g/mol. The third-order valence-electron chi connectivity index (χ3n) is 3.06. The van der Waals surface area contributed by atoms with E-state index in [1.54, 1.807) is 7.05 Å². The van der Waals surface area contributed by atoms with Gasteiger partial charge in [0.15, 0.2) is 0 Å². The summed E-state index contributed by atoms with van der Waals surface area (Å²) in [4.78, 5) is 22.8. The first-order chi connectivity index (χ1) is 9.81. The van der Waals surface area contributed by atoms with Crippen molar-refractivity contribution in [1.29, 1.82) is 0 Å². The van der Waals surface area contributed by atoms with Crippen LogP contribution in [-0.2, 0) is 10.2 Å². The Labute approximate surface area is 127 Å². The second kappa shape index (κ2) is 7.24. The topological polar surface area (TPSA) is 70.2 Å². The summed E-state index contributed by atoms with van der Waals surface area (Å²) in [5.41, 5.74) is -0.146. The quantitative estimate of drug-likeness (QED) is 0.836. The van der Waals surface area contributed by atoms with Crippen LogP contribution in [-0.4, -0.2) is 42.6 Å². The van der Waals surface area contributed by atoms with Gasteiger partial charge in [-0.25, -0.2) is 9.97 Å². The minimum Gasteiger partial charge on any atom is -0.370 e. The zero-order chi connectivity index (χ0) is 16.0. The summed E-state index contributed by atoms with van der Waals surface area (Å²) in [6, 6.07) is 1.89. The molecule has 0 saturated carbocycles. The normalized spacial score (nSPS) is 11.1. The van der Waals surface area contributed by atoms with Crippen LogP contribution in [0.1, 0.15) is 40.4 Å². The molecule has 0 fully saturated rings. The number of aromatic nitrogens is 2. The van der Waals surface area contributed by atoms with Crippen LogP contribution < -0.4 is 15.5 Å². The van der Waals surface area contributed by atoms with Gasteiger partial charge in [-0.15, -0.1) is 0 Å². The number of carbonyl (C=O) groups excluding carboxylic acids is 1. The zero-order valence-corrected chi connectivity index (χ0v) is 13.9. The van der Waals surface area contributed by atoms with Crippen LogP contribution >= 0.6 is 0 Å². The van der Waals surface area contributed by atoms with Crippen LogP contribution in [0.5, 0.6) is 0 Å². The van der Waals surface area contributed by atoms with E-state index in [9.17, 15) is 4.79 Å². The fraction of sp³-hybridized carbons (Fsp3) is 0.667. The molecular formula is C15H27N5O. The maximum atomic E-state index is 11.6. The maximum Gasteiger partial charge on any atom is 0.239 e. The largest absolute Gasteiger partial charge is 0.370 e. The number of nitrogens with one attached hydrogen (secondary N) is 2. The maximum absolute atomic E-state index is 11.6. The van der Waals surface area contributed by atoms with E-state index in [1.807, 2.05) is 24.8 Å². The second-order valence-electron chi connectivity index (χ2n) is 5.90. The summed E-state index contributed by atoms with van der Waals surface area (Å²) >= 11 is 0. The Morgan fingerprint density at radius 1 is 1.29 bits per heavy atom. The molecule has 0 atom stereocenters. The van der Waals surface area contributed by atoms with Gasteiger partial charge in [0.25, 0.3) is 0 Å². The summed E-state index contributed by atoms with van der Waals surface area (Å²) in [6.07, 6.45) is 0. The molecule has 1 heterocycles. The molecule has 0 aliphatic rings. The highest BCUT2D eigenvalue weighted by atomic mass is 16.1. The summed E-state index contributed by atoms with van der Waals surface area (Å²) in [5.74, 6) is 2.31. The number of hydrogen-bond donors (Lipinski definition) is 2. The monoisotopic (exact) mass is 293 g/mol. The first-order valence-corrected chi connectivity index (χ1v) is 7.40. The van der Waals surface area contributed by atoms with Crippen LogP contribution in [0.3, 0.4) is 0 Å². The number of carbonyl (C=O) groups is 1. The van der Waals surface area contributed by atoms with Crippen molar-refractivity contribution in [1.82, 2.24) is 15.3 Å². The van der Waals surface area contributed by atoms with Crippen LogP contribution in [0.15, 0.2) is 6.07 Å². The number of amides is 1. The highest BCUT2D eigenvalue weighted by molar-refractivity contribution is 5.80. The van der Waals surface area contributed by atoms with Gasteiger partial charge in [0, 0.05) is 31.6 Å². The molecule has 6 nitrogen and oxygen atoms in total. The van der Waals surface area contributed by atoms with Gasteiger partial charge >= 0.3 is 0 Å². The fourth-order valence-corrected chi connectivity index (χ4v) is 1.81. The number of hydrogen-bond acceptors (Lipinski definition) is 5. The Hall–Kier alpha value is -1.85. The number of anilines is 2. The Bertz CT molecular complexity index is 481. The molecule has 1 aromatic rings. The van der Waals surface area contributed by atoms with E-state index in [-0.39, 0.29) is 11.3 Å². The molecule has 0 spiro atoms. The van der Waals surface area contributed by atoms with Crippen molar-refractivity contribution in [3.05, 3.63) is 11.9 Å². The average Bonchev–Trinajstić information content (AvgIpc) is 2.43. The Kier molecular flexibility index (Phi) is 5.93. The van der Waals surface area contributed by atoms with E-state index in [0.29, 0.717) is 13.1 Å². The third-order valence-corrected chi connectivity index (χ3v) is 3.06. The minimum atomic E-state index is -0.146. The van der Waals surface area contributed by atoms with Crippen molar-refractivity contribution in [2.24, 2.45) is 0 Å². The first-order valence-electron chi connectivity index (χ1n) is 7.40. The predicted molar refractivity (Wildman–Crippen MR) is 86.8 cm³/mol. The van der Waals surface area contributed by atoms with Crippen molar-refractivity contribution < 1.29 is 4.79 Å². The molecule has 21 heavy (non-hydrogen) atoms. The molecule has 1 amide bonds. The molecule has 2 N–H and O–H groups in total. The lowest BCUT2D eigenvalue weighted by Crippen LogP contribution is -2.36. The van der Waals surface area contributed by atoms with E-state index in [4.69, 9.17) is 0 Å². The average molecular weight is 293 g/mol. The van der Waals surface area contributed by atoms with Gasteiger partial charge in [-0.3, -0.25) is 4.79 Å². The molecule has 6 heteroatoms. The van der Waals surface area contributed by atoms with Gasteiger partial charge in [-0.1, -0.05) is 20.8 Å². The minimum absolute atomic E-state index is 0.0298. The van der Waals surface area contributed by atoms with Crippen LogP contribution in [0.2, 0.25) is 0 Å². The second-order valence-corrected chi connectivity index (χ2v) is 5.90. The summed E-state index contributed by atoms with van der Waals surface area (Å²) in [6.45, 7) is 12.1. The van der Waals surface area contributed by atoms with Crippen LogP contribution in [0.4, 0.5) is 11.6 Å². The summed E-state index contributed by atoms with van der Waals surface area (Å²) in [5, 5.41) is 5.87. The molecule has 1 aromatic heterocycles. The van der Waals surface area contributed by atoms with Gasteiger partial charge in [0.05, 0.1) is 6.54 Å². The standard InChI is InChI=1S/C15H27N5O/c1-7-17-11-9-12(19-14(18-11)15(3,4)5)20(8-2)10-13(21)16-6/h9H,7-8,10H2,1-6H3,(H,16,21)(H,17,18,19). The van der Waals surface area contributed by atoms with E-state index in [1.165, 1.54) is 0 Å². The lowest BCUT2D eigenvalue weighted by atomic mass is 9.96. The number of likely N-dealkylation sites (N-methyl/N-ethyl adjacent to an activating group) is 2. The van der Waals surface area contributed by atoms with Crippen molar-refractivity contribution in [2.45, 2.75) is 40.0 Å². The highest BCUT2D eigenvalue weighted by Gasteiger charge is 2.21. The third kappa shape index (κ3) is 4.88. The Morgan fingerprint density at radius 3 is 2.43 bits per heavy atom. The molecule has 0 aliphatic carbocycles. The first kappa shape index (κ1) is 17.2. The zero-order valence-electron chi connectivity index (χ0n) is 13.9. The molecule has 0 aromatic carbocycles. The SMILES string of the molecule is CCNc1cc(N(CC)CC(=O)NC)nc(C(C)(C)C)n1. The Morgan fingerprint density at radius 2 is 1.95 bits per heavy atom. The molecule has 0 radical (unpaired) electrons. The smallest absolute Gasteiger partial charge is 0.239 e. The van der Waals surface area contributed by atoms with Crippen LogP contribution in [0.25, 0.3) is 0 Å². The summed E-state index contributed by atoms with van der Waals surface area (Å²) in [7, 11) is 1.64. The van der Waals surface area contributed by atoms with Crippen molar-refractivity contribution in [2.75, 3.05) is 36.9 Å². The van der Waals surface area contributed by atoms with Crippen molar-refractivity contribution in [3.63, 3.8) is 0 Å². The van der Waals surface area contributed by atoms with E-state index >= 15 is 0 Å². The molecule has 1 rings (SSSR count). The van der Waals surface area contributed by atoms with Crippen LogP contribution in [0, 0.1) is 0 Å². The van der Waals surface area contributed by atoms with Crippen molar-refractivity contribution in [3.8, 4) is 0 Å². The van der Waals surface area contributed by atoms with Gasteiger partial charge in [-0.05, 0) is 13.8 Å². The van der Waals surface area contributed by atoms with Gasteiger partial charge in [-0.2, -0.15) is 0 Å². The van der Waals surface area contributed by atoms with E-state index in [0.717, 1.165) is 24.0 Å². The van der Waals surface area contributed by atoms with Crippen molar-refractivity contribution >= 4 is 17.5 Å². The highest BCUT2D eigenvalue weighted by Crippen LogP contribution is 2.24. The number of rotatable bonds is 6. The molecule has 0 unspecified atom stereocenters. The van der Waals surface area contributed by atoms with Gasteiger partial charge < -0.3 is 15.5 Å². The molecule has 0 aliphatic heterocycles. The Balaban J connectivity index is 3.19. The lowest BCUT2D eigenvalue weighted by Gasteiger charge is -2.25. The van der Waals surface area contributed by atoms with E-state index < -0.39 is 0 Å². The predicted octanol–water partition coefficient (Wildman–Crippen LogP) is 1.78. The van der Waals surface area contributed by atoms with Gasteiger partial charge in [0.2, 0.25) is 5.91 Å². The number of nitrogens with zero attached hydrogens (tertiary/aromatic N) is 3. The van der Waals surface area contributed by atoms with E-state index in [2.05, 4.69) is 41.4 Å². The molecule has 0 bridgehead atoms. The molecule has 0 saturated heterocycles. The fourth-order valence-electron chi connectivity index (χ4n) is 1.81.